The molecule has 1 heterocycles. The van der Waals surface area contributed by atoms with E-state index in [2.05, 4.69) is 0 Å². The Morgan fingerprint density at radius 3 is 1.77 bits per heavy atom. The van der Waals surface area contributed by atoms with E-state index in [1.165, 1.54) is 4.90 Å². The van der Waals surface area contributed by atoms with E-state index in [1.807, 2.05) is 77.9 Å². The molecular formula is C22H34N2O2. The Bertz CT molecular complexity index is 725. The topological polar surface area (TPSA) is 40.6 Å². The maximum Gasteiger partial charge on any atom is 0.256 e. The van der Waals surface area contributed by atoms with Crippen LogP contribution in [0.15, 0.2) is 36.4 Å². The van der Waals surface area contributed by atoms with Gasteiger partial charge in [-0.25, -0.2) is 0 Å². The monoisotopic (exact) mass is 358 g/mol. The number of nitrogens with zero attached hydrogens (tertiary/aromatic N) is 2. The largest absolute Gasteiger partial charge is 0.330 e. The van der Waals surface area contributed by atoms with Gasteiger partial charge in [0.1, 0.15) is 6.04 Å². The number of hydrogen-bond donors (Lipinski definition) is 0. The summed E-state index contributed by atoms with van der Waals surface area (Å²) < 4.78 is 0. The summed E-state index contributed by atoms with van der Waals surface area (Å²) in [7, 11) is 3.39. The standard InChI is InChI=1S/C16H16N2O2.3C2H6/c1-10-15(19)18(3)14-9-12-7-5-4-6-11(12)8-13(14)16(20)17(10)2;3*1-2/h4-10H,1-3H3;3*1-2H3. The van der Waals surface area contributed by atoms with Crippen LogP contribution in [-0.4, -0.2) is 36.9 Å². The van der Waals surface area contributed by atoms with Crippen molar-refractivity contribution in [2.75, 3.05) is 19.0 Å². The van der Waals surface area contributed by atoms with Gasteiger partial charge in [-0.3, -0.25) is 9.59 Å². The van der Waals surface area contributed by atoms with Crippen LogP contribution in [0.3, 0.4) is 0 Å². The lowest BCUT2D eigenvalue weighted by atomic mass is 10.0. The second kappa shape index (κ2) is 11.3. The molecular weight excluding hydrogens is 324 g/mol. The minimum atomic E-state index is -0.456. The van der Waals surface area contributed by atoms with Gasteiger partial charge >= 0.3 is 0 Å². The van der Waals surface area contributed by atoms with Crippen molar-refractivity contribution in [1.82, 2.24) is 4.90 Å². The van der Waals surface area contributed by atoms with Gasteiger partial charge in [-0.05, 0) is 29.8 Å². The fourth-order valence-electron chi connectivity index (χ4n) is 2.61. The molecule has 4 nitrogen and oxygen atoms in total. The Morgan fingerprint density at radius 2 is 1.27 bits per heavy atom. The normalized spacial score (nSPS) is 15.5. The fraction of sp³-hybridized carbons (Fsp3) is 0.455. The van der Waals surface area contributed by atoms with E-state index >= 15 is 0 Å². The van der Waals surface area contributed by atoms with Gasteiger partial charge in [-0.1, -0.05) is 65.8 Å². The summed E-state index contributed by atoms with van der Waals surface area (Å²) in [4.78, 5) is 27.9. The van der Waals surface area contributed by atoms with Crippen LogP contribution >= 0.6 is 0 Å². The van der Waals surface area contributed by atoms with Crippen molar-refractivity contribution < 1.29 is 9.59 Å². The van der Waals surface area contributed by atoms with Crippen LogP contribution in [0, 0.1) is 0 Å². The first-order chi connectivity index (χ1) is 12.5. The van der Waals surface area contributed by atoms with Gasteiger partial charge in [0.15, 0.2) is 0 Å². The third-order valence-electron chi connectivity index (χ3n) is 4.05. The van der Waals surface area contributed by atoms with Crippen LogP contribution in [0.2, 0.25) is 0 Å². The second-order valence-electron chi connectivity index (χ2n) is 5.21. The van der Waals surface area contributed by atoms with Crippen molar-refractivity contribution in [2.45, 2.75) is 54.5 Å². The van der Waals surface area contributed by atoms with E-state index in [0.29, 0.717) is 11.3 Å². The van der Waals surface area contributed by atoms with Gasteiger partial charge in [0.25, 0.3) is 5.91 Å². The molecule has 2 aromatic rings. The van der Waals surface area contributed by atoms with E-state index in [1.54, 1.807) is 25.9 Å². The minimum absolute atomic E-state index is 0.0742. The van der Waals surface area contributed by atoms with E-state index in [4.69, 9.17) is 0 Å². The van der Waals surface area contributed by atoms with Crippen molar-refractivity contribution in [3.05, 3.63) is 42.0 Å². The quantitative estimate of drug-likeness (QED) is 0.636. The summed E-state index contributed by atoms with van der Waals surface area (Å²) in [5.41, 5.74) is 1.25. The maximum atomic E-state index is 12.5. The SMILES string of the molecule is CC.CC.CC.CC1C(=O)N(C)c2cc3ccccc3cc2C(=O)N1C. The Balaban J connectivity index is 0.000000948. The van der Waals surface area contributed by atoms with Crippen LogP contribution in [-0.2, 0) is 4.79 Å². The van der Waals surface area contributed by atoms with E-state index in [0.717, 1.165) is 10.8 Å². The van der Waals surface area contributed by atoms with Crippen molar-refractivity contribution in [3.63, 3.8) is 0 Å². The van der Waals surface area contributed by atoms with Crippen LogP contribution in [0.25, 0.3) is 10.8 Å². The van der Waals surface area contributed by atoms with Crippen LogP contribution in [0.4, 0.5) is 5.69 Å². The molecule has 0 spiro atoms. The lowest BCUT2D eigenvalue weighted by Gasteiger charge is -2.22. The Kier molecular flexibility index (Phi) is 10.3. The van der Waals surface area contributed by atoms with Crippen molar-refractivity contribution in [1.29, 1.82) is 0 Å². The average molecular weight is 359 g/mol. The molecule has 1 aliphatic rings. The highest BCUT2D eigenvalue weighted by molar-refractivity contribution is 6.13. The van der Waals surface area contributed by atoms with Gasteiger partial charge in [0.05, 0.1) is 11.3 Å². The molecule has 0 radical (unpaired) electrons. The zero-order valence-corrected chi connectivity index (χ0v) is 17.8. The number of rotatable bonds is 0. The first-order valence-electron chi connectivity index (χ1n) is 9.58. The van der Waals surface area contributed by atoms with Gasteiger partial charge < -0.3 is 9.80 Å². The van der Waals surface area contributed by atoms with E-state index in [9.17, 15) is 9.59 Å². The number of carbonyl (C=O) groups excluding carboxylic acids is 2. The maximum absolute atomic E-state index is 12.5. The highest BCUT2D eigenvalue weighted by Crippen LogP contribution is 2.30. The number of amides is 2. The number of hydrogen-bond acceptors (Lipinski definition) is 2. The molecule has 0 bridgehead atoms. The molecule has 144 valence electrons. The molecule has 2 aromatic carbocycles. The number of anilines is 1. The molecule has 0 aliphatic carbocycles. The smallest absolute Gasteiger partial charge is 0.256 e. The third kappa shape index (κ3) is 4.63. The van der Waals surface area contributed by atoms with E-state index < -0.39 is 6.04 Å². The van der Waals surface area contributed by atoms with Gasteiger partial charge in [-0.2, -0.15) is 0 Å². The molecule has 0 saturated heterocycles. The molecule has 1 atom stereocenters. The lowest BCUT2D eigenvalue weighted by molar-refractivity contribution is -0.121. The average Bonchev–Trinajstić information content (AvgIpc) is 2.78. The first kappa shape index (κ1) is 23.6. The van der Waals surface area contributed by atoms with Crippen molar-refractivity contribution in [2.24, 2.45) is 0 Å². The summed E-state index contributed by atoms with van der Waals surface area (Å²) in [6.45, 7) is 13.8. The summed E-state index contributed by atoms with van der Waals surface area (Å²) in [6, 6.07) is 11.2. The molecule has 0 fully saturated rings. The van der Waals surface area contributed by atoms with Crippen LogP contribution < -0.4 is 4.90 Å². The molecule has 0 aromatic heterocycles. The molecule has 3 rings (SSSR count). The number of benzene rings is 2. The molecule has 1 unspecified atom stereocenters. The van der Waals surface area contributed by atoms with Crippen molar-refractivity contribution in [3.8, 4) is 0 Å². The summed E-state index contributed by atoms with van der Waals surface area (Å²) in [5, 5.41) is 2.03. The molecule has 0 N–H and O–H groups in total. The van der Waals surface area contributed by atoms with Gasteiger partial charge in [0.2, 0.25) is 5.91 Å². The summed E-state index contributed by atoms with van der Waals surface area (Å²) in [6.07, 6.45) is 0. The van der Waals surface area contributed by atoms with Crippen LogP contribution in [0.5, 0.6) is 0 Å². The highest BCUT2D eigenvalue weighted by atomic mass is 16.2. The molecule has 2 amide bonds. The van der Waals surface area contributed by atoms with Crippen molar-refractivity contribution >= 4 is 28.3 Å². The zero-order valence-electron chi connectivity index (χ0n) is 17.8. The fourth-order valence-corrected chi connectivity index (χ4v) is 2.61. The molecule has 4 heteroatoms. The summed E-state index contributed by atoms with van der Waals surface area (Å²) >= 11 is 0. The zero-order chi connectivity index (χ0) is 20.4. The molecule has 0 saturated carbocycles. The number of fused-ring (bicyclic) bond motifs is 2. The van der Waals surface area contributed by atoms with Gasteiger partial charge in [0, 0.05) is 14.1 Å². The van der Waals surface area contributed by atoms with E-state index in [-0.39, 0.29) is 11.8 Å². The van der Waals surface area contributed by atoms with Crippen LogP contribution in [0.1, 0.15) is 58.8 Å². The Hall–Kier alpha value is -2.36. The van der Waals surface area contributed by atoms with Gasteiger partial charge in [-0.15, -0.1) is 0 Å². The molecule has 26 heavy (non-hydrogen) atoms. The second-order valence-corrected chi connectivity index (χ2v) is 5.21. The summed E-state index contributed by atoms with van der Waals surface area (Å²) in [5.74, 6) is -0.189. The first-order valence-corrected chi connectivity index (χ1v) is 9.58. The lowest BCUT2D eigenvalue weighted by Crippen LogP contribution is -2.43. The predicted molar refractivity (Wildman–Crippen MR) is 113 cm³/mol. The number of likely N-dealkylation sites (N-methyl/N-ethyl adjacent to an activating group) is 2. The third-order valence-corrected chi connectivity index (χ3v) is 4.05. The minimum Gasteiger partial charge on any atom is -0.330 e. The Labute approximate surface area is 158 Å². The Morgan fingerprint density at radius 1 is 0.808 bits per heavy atom. The molecule has 1 aliphatic heterocycles. The predicted octanol–water partition coefficient (Wildman–Crippen LogP) is 5.36. The highest BCUT2D eigenvalue weighted by Gasteiger charge is 2.33. The number of carbonyl (C=O) groups is 2.